The van der Waals surface area contributed by atoms with Crippen LogP contribution in [0.3, 0.4) is 0 Å². The Hall–Kier alpha value is -3.93. The molecule has 38 heavy (non-hydrogen) atoms. The maximum Gasteiger partial charge on any atom is 0.354 e. The number of H-pyrrole nitrogens is 2. The van der Waals surface area contributed by atoms with Crippen LogP contribution in [-0.2, 0) is 19.5 Å². The molecule has 0 aliphatic rings. The summed E-state index contributed by atoms with van der Waals surface area (Å²) >= 11 is 6.21. The fourth-order valence-corrected chi connectivity index (χ4v) is 4.53. The van der Waals surface area contributed by atoms with E-state index in [9.17, 15) is 9.18 Å². The standard InChI is InChI=1S/C26H27ClFN9O/c1-15(29)3-2-4-17-9-20(24(28)21(27)10-17)22-11-18-14-37(26(38)32-25(18)31-22)19-7-5-16(6-8-19)12-30-13-23-33-35-36-34-23/h5-11,14-15,30H,2-4,12-13,29H2,1H3,(H,31,32,38)(H,33,34,35,36)/t15-/m0/s1. The number of nitrogens with two attached hydrogens (primary N) is 1. The summed E-state index contributed by atoms with van der Waals surface area (Å²) in [5.74, 6) is 0.0569. The van der Waals surface area contributed by atoms with Gasteiger partial charge < -0.3 is 16.0 Å². The fourth-order valence-electron chi connectivity index (χ4n) is 4.29. The van der Waals surface area contributed by atoms with E-state index in [0.29, 0.717) is 46.9 Å². The normalized spacial score (nSPS) is 12.3. The van der Waals surface area contributed by atoms with E-state index in [1.807, 2.05) is 31.2 Å². The number of fused-ring (bicyclic) bond motifs is 1. The third-order valence-electron chi connectivity index (χ3n) is 6.23. The van der Waals surface area contributed by atoms with Gasteiger partial charge in [0.1, 0.15) is 5.65 Å². The molecule has 2 aromatic carbocycles. The number of rotatable bonds is 10. The molecule has 0 bridgehead atoms. The largest absolute Gasteiger partial charge is 0.354 e. The molecule has 0 aliphatic carbocycles. The molecular weight excluding hydrogens is 509 g/mol. The second kappa shape index (κ2) is 11.2. The topological polar surface area (TPSA) is 143 Å². The molecule has 0 unspecified atom stereocenters. The summed E-state index contributed by atoms with van der Waals surface area (Å²) in [6.07, 6.45) is 4.17. The van der Waals surface area contributed by atoms with E-state index in [1.54, 1.807) is 24.4 Å². The third kappa shape index (κ3) is 5.80. The van der Waals surface area contributed by atoms with Gasteiger partial charge in [0.25, 0.3) is 0 Å². The molecule has 5 rings (SSSR count). The van der Waals surface area contributed by atoms with Crippen LogP contribution in [0.15, 0.2) is 53.5 Å². The Bertz CT molecular complexity index is 1590. The van der Waals surface area contributed by atoms with Crippen molar-refractivity contribution in [2.24, 2.45) is 5.73 Å². The van der Waals surface area contributed by atoms with Crippen molar-refractivity contribution in [1.29, 1.82) is 0 Å². The zero-order valence-electron chi connectivity index (χ0n) is 20.7. The van der Waals surface area contributed by atoms with E-state index in [2.05, 4.69) is 35.9 Å². The monoisotopic (exact) mass is 535 g/mol. The number of halogens is 2. The lowest BCUT2D eigenvalue weighted by molar-refractivity contribution is 0.618. The van der Waals surface area contributed by atoms with Gasteiger partial charge in [-0.05, 0) is 67.6 Å². The van der Waals surface area contributed by atoms with E-state index in [4.69, 9.17) is 17.3 Å². The number of aromatic nitrogens is 7. The molecule has 10 nitrogen and oxygen atoms in total. The first-order chi connectivity index (χ1) is 18.4. The summed E-state index contributed by atoms with van der Waals surface area (Å²) in [6.45, 7) is 3.04. The van der Waals surface area contributed by atoms with Crippen molar-refractivity contribution in [3.05, 3.63) is 86.9 Å². The van der Waals surface area contributed by atoms with Crippen LogP contribution in [0.4, 0.5) is 4.39 Å². The number of hydrogen-bond donors (Lipinski definition) is 4. The number of benzene rings is 2. The highest BCUT2D eigenvalue weighted by molar-refractivity contribution is 6.31. The Kier molecular flexibility index (Phi) is 7.59. The minimum absolute atomic E-state index is 0.0522. The number of aryl methyl sites for hydroxylation is 1. The minimum atomic E-state index is -0.520. The molecule has 0 spiro atoms. The van der Waals surface area contributed by atoms with Crippen molar-refractivity contribution in [1.82, 2.24) is 40.5 Å². The maximum atomic E-state index is 15.0. The van der Waals surface area contributed by atoms with Gasteiger partial charge in [0.05, 0.1) is 22.9 Å². The van der Waals surface area contributed by atoms with E-state index < -0.39 is 11.5 Å². The van der Waals surface area contributed by atoms with Crippen molar-refractivity contribution in [2.45, 2.75) is 45.3 Å². The number of nitrogens with one attached hydrogen (secondary N) is 3. The molecule has 1 atom stereocenters. The number of nitrogens with zero attached hydrogens (tertiary/aromatic N) is 5. The molecule has 0 fully saturated rings. The molecule has 196 valence electrons. The lowest BCUT2D eigenvalue weighted by Gasteiger charge is -2.09. The number of hydrogen-bond acceptors (Lipinski definition) is 7. The van der Waals surface area contributed by atoms with E-state index >= 15 is 0 Å². The molecule has 3 aromatic heterocycles. The van der Waals surface area contributed by atoms with Crippen molar-refractivity contribution >= 4 is 22.6 Å². The zero-order chi connectivity index (χ0) is 26.6. The second-order valence-corrected chi connectivity index (χ2v) is 9.69. The summed E-state index contributed by atoms with van der Waals surface area (Å²) in [7, 11) is 0. The summed E-state index contributed by atoms with van der Waals surface area (Å²) in [4.78, 5) is 20.1. The van der Waals surface area contributed by atoms with Crippen LogP contribution in [0.1, 0.15) is 36.7 Å². The quantitative estimate of drug-likeness (QED) is 0.214. The summed E-state index contributed by atoms with van der Waals surface area (Å²) in [5, 5.41) is 17.7. The van der Waals surface area contributed by atoms with Gasteiger partial charge in [-0.15, -0.1) is 10.2 Å². The van der Waals surface area contributed by atoms with Crippen LogP contribution in [-0.4, -0.2) is 41.2 Å². The molecule has 0 amide bonds. The first-order valence-electron chi connectivity index (χ1n) is 12.3. The fraction of sp³-hybridized carbons (Fsp3) is 0.269. The molecular formula is C26H27ClFN9O. The van der Waals surface area contributed by atoms with E-state index in [1.165, 1.54) is 4.57 Å². The minimum Gasteiger partial charge on any atom is -0.339 e. The van der Waals surface area contributed by atoms with Gasteiger partial charge in [0.15, 0.2) is 11.6 Å². The highest BCUT2D eigenvalue weighted by atomic mass is 35.5. The highest BCUT2D eigenvalue weighted by Crippen LogP contribution is 2.31. The Balaban J connectivity index is 1.37. The van der Waals surface area contributed by atoms with Gasteiger partial charge in [-0.1, -0.05) is 28.9 Å². The molecule has 5 N–H and O–H groups in total. The lowest BCUT2D eigenvalue weighted by atomic mass is 10.0. The first-order valence-corrected chi connectivity index (χ1v) is 12.6. The van der Waals surface area contributed by atoms with Gasteiger partial charge >= 0.3 is 5.69 Å². The SMILES string of the molecule is C[C@H](N)CCCc1cc(Cl)c(F)c(-c2cc3cn(-c4ccc(CNCc5nn[nH]n5)cc4)c(=O)nc3[nH]2)c1. The average Bonchev–Trinajstić information content (AvgIpc) is 3.55. The molecule has 3 heterocycles. The predicted octanol–water partition coefficient (Wildman–Crippen LogP) is 3.65. The smallest absolute Gasteiger partial charge is 0.339 e. The molecule has 12 heteroatoms. The summed E-state index contributed by atoms with van der Waals surface area (Å²) < 4.78 is 16.5. The second-order valence-electron chi connectivity index (χ2n) is 9.29. The maximum absolute atomic E-state index is 15.0. The van der Waals surface area contributed by atoms with Gasteiger partial charge in [0, 0.05) is 29.7 Å². The van der Waals surface area contributed by atoms with E-state index in [-0.39, 0.29) is 11.1 Å². The number of aromatic amines is 2. The Morgan fingerprint density at radius 3 is 2.71 bits per heavy atom. The van der Waals surface area contributed by atoms with Crippen LogP contribution >= 0.6 is 11.6 Å². The summed E-state index contributed by atoms with van der Waals surface area (Å²) in [5.41, 5.74) is 9.23. The molecule has 0 saturated heterocycles. The number of tetrazole rings is 1. The molecule has 0 saturated carbocycles. The van der Waals surface area contributed by atoms with Gasteiger partial charge in [-0.3, -0.25) is 4.57 Å². The van der Waals surface area contributed by atoms with Gasteiger partial charge in [-0.2, -0.15) is 10.2 Å². The summed E-state index contributed by atoms with van der Waals surface area (Å²) in [6, 6.07) is 12.8. The molecule has 5 aromatic rings. The van der Waals surface area contributed by atoms with Gasteiger partial charge in [-0.25, -0.2) is 9.18 Å². The molecule has 0 radical (unpaired) electrons. The Labute approximate surface area is 222 Å². The Morgan fingerprint density at radius 1 is 1.16 bits per heavy atom. The van der Waals surface area contributed by atoms with Crippen LogP contribution < -0.4 is 16.7 Å². The lowest BCUT2D eigenvalue weighted by Crippen LogP contribution is -2.20. The van der Waals surface area contributed by atoms with Crippen LogP contribution in [0.2, 0.25) is 5.02 Å². The van der Waals surface area contributed by atoms with Crippen LogP contribution in [0.25, 0.3) is 28.0 Å². The predicted molar refractivity (Wildman–Crippen MR) is 143 cm³/mol. The van der Waals surface area contributed by atoms with Crippen molar-refractivity contribution in [2.75, 3.05) is 0 Å². The third-order valence-corrected chi connectivity index (χ3v) is 6.50. The molecule has 0 aliphatic heterocycles. The highest BCUT2D eigenvalue weighted by Gasteiger charge is 2.15. The van der Waals surface area contributed by atoms with Crippen LogP contribution in [0.5, 0.6) is 0 Å². The zero-order valence-corrected chi connectivity index (χ0v) is 21.5. The average molecular weight is 536 g/mol. The van der Waals surface area contributed by atoms with Crippen molar-refractivity contribution in [3.8, 4) is 16.9 Å². The van der Waals surface area contributed by atoms with Crippen LogP contribution in [0, 0.1) is 5.82 Å². The Morgan fingerprint density at radius 2 is 1.97 bits per heavy atom. The van der Waals surface area contributed by atoms with Gasteiger partial charge in [0.2, 0.25) is 0 Å². The van der Waals surface area contributed by atoms with Crippen molar-refractivity contribution in [3.63, 3.8) is 0 Å². The van der Waals surface area contributed by atoms with E-state index in [0.717, 1.165) is 30.4 Å². The van der Waals surface area contributed by atoms with Crippen molar-refractivity contribution < 1.29 is 4.39 Å². The first kappa shape index (κ1) is 25.7.